The first-order chi connectivity index (χ1) is 24.3. The highest BCUT2D eigenvalue weighted by Crippen LogP contribution is 2.39. The molecule has 4 aromatic rings. The SMILES string of the molecule is CO[C@@H](C)c1ncccc1-c1[nH]c2ccc(-c3cccc(C[C@H](NC(=O)OC(C)(C)C)C(=O)N4CCCCN4)c3)cc2c1CC(C)(C)COC=O. The maximum atomic E-state index is 13.7. The van der Waals surface area contributed by atoms with Gasteiger partial charge in [-0.3, -0.25) is 19.6 Å². The summed E-state index contributed by atoms with van der Waals surface area (Å²) in [5, 5.41) is 5.49. The van der Waals surface area contributed by atoms with Crippen molar-refractivity contribution < 1.29 is 28.6 Å². The van der Waals surface area contributed by atoms with E-state index in [4.69, 9.17) is 14.2 Å². The molecule has 1 aliphatic heterocycles. The molecule has 2 atom stereocenters. The molecule has 3 N–H and O–H groups in total. The molecule has 0 bridgehead atoms. The van der Waals surface area contributed by atoms with E-state index in [2.05, 4.69) is 58.8 Å². The Bertz CT molecular complexity index is 1840. The van der Waals surface area contributed by atoms with Crippen molar-refractivity contribution in [1.82, 2.24) is 25.7 Å². The van der Waals surface area contributed by atoms with Crippen molar-refractivity contribution in [3.8, 4) is 22.4 Å². The normalized spacial score (nSPS) is 14.9. The van der Waals surface area contributed by atoms with Crippen molar-refractivity contribution in [3.05, 3.63) is 77.6 Å². The number of hydrogen-bond acceptors (Lipinski definition) is 8. The average molecular weight is 698 g/mol. The fraction of sp³-hybridized carbons (Fsp3) is 0.450. The van der Waals surface area contributed by atoms with Crippen LogP contribution < -0.4 is 10.7 Å². The number of alkyl carbamates (subject to hydrolysis) is 1. The lowest BCUT2D eigenvalue weighted by Crippen LogP contribution is -2.56. The Morgan fingerprint density at radius 3 is 2.53 bits per heavy atom. The van der Waals surface area contributed by atoms with E-state index in [0.29, 0.717) is 26.0 Å². The zero-order valence-electron chi connectivity index (χ0n) is 30.8. The number of carbonyl (C=O) groups excluding carboxylic acids is 3. The molecule has 0 radical (unpaired) electrons. The monoisotopic (exact) mass is 697 g/mol. The summed E-state index contributed by atoms with van der Waals surface area (Å²) in [7, 11) is 1.67. The van der Waals surface area contributed by atoms with Crippen LogP contribution in [0.3, 0.4) is 0 Å². The molecule has 11 heteroatoms. The zero-order chi connectivity index (χ0) is 36.8. The van der Waals surface area contributed by atoms with Crippen LogP contribution in [-0.4, -0.2) is 71.9 Å². The van der Waals surface area contributed by atoms with Gasteiger partial charge in [-0.1, -0.05) is 44.2 Å². The van der Waals surface area contributed by atoms with Gasteiger partial charge in [0, 0.05) is 54.7 Å². The number of hydrogen-bond donors (Lipinski definition) is 3. The molecule has 272 valence electrons. The number of benzene rings is 2. The molecule has 5 rings (SSSR count). The van der Waals surface area contributed by atoms with E-state index < -0.39 is 17.7 Å². The summed E-state index contributed by atoms with van der Waals surface area (Å²) < 4.78 is 16.4. The third kappa shape index (κ3) is 9.53. The molecule has 11 nitrogen and oxygen atoms in total. The average Bonchev–Trinajstić information content (AvgIpc) is 3.46. The van der Waals surface area contributed by atoms with Gasteiger partial charge < -0.3 is 24.5 Å². The number of ether oxygens (including phenoxy) is 3. The molecule has 2 aromatic heterocycles. The molecule has 1 aliphatic rings. The zero-order valence-corrected chi connectivity index (χ0v) is 30.8. The van der Waals surface area contributed by atoms with E-state index in [1.54, 1.807) is 39.1 Å². The Morgan fingerprint density at radius 1 is 1.04 bits per heavy atom. The number of pyridine rings is 1. The van der Waals surface area contributed by atoms with Crippen LogP contribution in [-0.2, 0) is 36.6 Å². The molecule has 0 aliphatic carbocycles. The van der Waals surface area contributed by atoms with Gasteiger partial charge in [-0.05, 0) is 93.5 Å². The van der Waals surface area contributed by atoms with Crippen molar-refractivity contribution >= 4 is 29.4 Å². The number of aromatic nitrogens is 2. The van der Waals surface area contributed by atoms with E-state index in [9.17, 15) is 14.4 Å². The number of amides is 2. The number of fused-ring (bicyclic) bond motifs is 1. The third-order valence-corrected chi connectivity index (χ3v) is 9.02. The van der Waals surface area contributed by atoms with E-state index in [1.807, 2.05) is 37.3 Å². The molecule has 2 aromatic carbocycles. The maximum absolute atomic E-state index is 13.7. The lowest BCUT2D eigenvalue weighted by molar-refractivity contribution is -0.137. The molecule has 51 heavy (non-hydrogen) atoms. The van der Waals surface area contributed by atoms with Crippen molar-refractivity contribution in [2.45, 2.75) is 85.0 Å². The van der Waals surface area contributed by atoms with Crippen LogP contribution in [0.25, 0.3) is 33.3 Å². The standard InChI is InChI=1S/C40H51N5O6/c1-26(49-7)35-30(14-11-17-41-35)36-32(23-40(5,6)24-50-25-46)31-22-29(15-16-33(31)43-36)28-13-10-12-27(20-28)21-34(44-38(48)51-39(2,3)4)37(47)45-19-9-8-18-42-45/h10-17,20,22,25-26,34,42-43H,8-9,18-19,21,23-24H2,1-7H3,(H,44,48)/t26-,34-/m0/s1. The van der Waals surface area contributed by atoms with E-state index in [-0.39, 0.29) is 30.5 Å². The topological polar surface area (TPSA) is 135 Å². The summed E-state index contributed by atoms with van der Waals surface area (Å²) in [6, 6.07) is 17.5. The Labute approximate surface area is 300 Å². The number of nitrogens with zero attached hydrogens (tertiary/aromatic N) is 2. The van der Waals surface area contributed by atoms with Gasteiger partial charge in [0.05, 0.1) is 24.1 Å². The first-order valence-corrected chi connectivity index (χ1v) is 17.6. The van der Waals surface area contributed by atoms with Gasteiger partial charge in [0.15, 0.2) is 0 Å². The van der Waals surface area contributed by atoms with Crippen LogP contribution in [0.15, 0.2) is 60.8 Å². The number of rotatable bonds is 13. The summed E-state index contributed by atoms with van der Waals surface area (Å²) in [6.45, 7) is 13.6. The van der Waals surface area contributed by atoms with Gasteiger partial charge >= 0.3 is 6.09 Å². The van der Waals surface area contributed by atoms with E-state index in [1.165, 1.54) is 0 Å². The first kappa shape index (κ1) is 37.5. The number of carbonyl (C=O) groups is 3. The Hall–Kier alpha value is -4.74. The van der Waals surface area contributed by atoms with Crippen molar-refractivity contribution in [2.24, 2.45) is 5.41 Å². The summed E-state index contributed by atoms with van der Waals surface area (Å²) in [5.41, 5.74) is 9.75. The second kappa shape index (κ2) is 16.1. The first-order valence-electron chi connectivity index (χ1n) is 17.6. The molecule has 0 spiro atoms. The van der Waals surface area contributed by atoms with Crippen molar-refractivity contribution in [1.29, 1.82) is 0 Å². The fourth-order valence-corrected chi connectivity index (χ4v) is 6.52. The van der Waals surface area contributed by atoms with Crippen LogP contribution in [0.5, 0.6) is 0 Å². The molecule has 3 heterocycles. The molecule has 1 fully saturated rings. The lowest BCUT2D eigenvalue weighted by atomic mass is 9.84. The third-order valence-electron chi connectivity index (χ3n) is 9.02. The minimum Gasteiger partial charge on any atom is -0.467 e. The number of hydrazine groups is 1. The van der Waals surface area contributed by atoms with Crippen LogP contribution in [0, 0.1) is 5.41 Å². The molecule has 2 amide bonds. The number of H-pyrrole nitrogens is 1. The van der Waals surface area contributed by atoms with Gasteiger partial charge in [0.25, 0.3) is 12.4 Å². The number of aromatic amines is 1. The molecule has 0 saturated carbocycles. The number of methoxy groups -OCH3 is 1. The van der Waals surface area contributed by atoms with E-state index >= 15 is 0 Å². The summed E-state index contributed by atoms with van der Waals surface area (Å²) in [5.74, 6) is -0.199. The van der Waals surface area contributed by atoms with Gasteiger partial charge in [-0.2, -0.15) is 0 Å². The summed E-state index contributed by atoms with van der Waals surface area (Å²) in [4.78, 5) is 46.0. The predicted molar refractivity (Wildman–Crippen MR) is 198 cm³/mol. The van der Waals surface area contributed by atoms with Gasteiger partial charge in [0.1, 0.15) is 11.6 Å². The second-order valence-electron chi connectivity index (χ2n) is 15.0. The largest absolute Gasteiger partial charge is 0.467 e. The summed E-state index contributed by atoms with van der Waals surface area (Å²) in [6.07, 6.45) is 3.72. The minimum absolute atomic E-state index is 0.199. The predicted octanol–water partition coefficient (Wildman–Crippen LogP) is 6.91. The maximum Gasteiger partial charge on any atom is 0.408 e. The van der Waals surface area contributed by atoms with Crippen LogP contribution >= 0.6 is 0 Å². The Morgan fingerprint density at radius 2 is 1.82 bits per heavy atom. The quantitative estimate of drug-likeness (QED) is 0.128. The van der Waals surface area contributed by atoms with E-state index in [0.717, 1.165) is 62.9 Å². The minimum atomic E-state index is -0.819. The van der Waals surface area contributed by atoms with Crippen molar-refractivity contribution in [2.75, 3.05) is 26.8 Å². The fourth-order valence-electron chi connectivity index (χ4n) is 6.52. The smallest absolute Gasteiger partial charge is 0.408 e. The van der Waals surface area contributed by atoms with Gasteiger partial charge in [-0.15, -0.1) is 0 Å². The van der Waals surface area contributed by atoms with Crippen molar-refractivity contribution in [3.63, 3.8) is 0 Å². The molecule has 0 unspecified atom stereocenters. The number of nitrogens with one attached hydrogen (secondary N) is 3. The van der Waals surface area contributed by atoms with Gasteiger partial charge in [0.2, 0.25) is 0 Å². The molecule has 1 saturated heterocycles. The highest BCUT2D eigenvalue weighted by atomic mass is 16.6. The summed E-state index contributed by atoms with van der Waals surface area (Å²) >= 11 is 0. The highest BCUT2D eigenvalue weighted by Gasteiger charge is 2.30. The Balaban J connectivity index is 1.53. The lowest BCUT2D eigenvalue weighted by Gasteiger charge is -2.31. The second-order valence-corrected chi connectivity index (χ2v) is 15.0. The van der Waals surface area contributed by atoms with Crippen LogP contribution in [0.1, 0.15) is 77.3 Å². The van der Waals surface area contributed by atoms with Crippen LogP contribution in [0.4, 0.5) is 4.79 Å². The highest BCUT2D eigenvalue weighted by molar-refractivity contribution is 5.94. The Kier molecular flexibility index (Phi) is 11.8. The van der Waals surface area contributed by atoms with Gasteiger partial charge in [-0.25, -0.2) is 10.2 Å². The molecular formula is C40H51N5O6. The van der Waals surface area contributed by atoms with Crippen LogP contribution in [0.2, 0.25) is 0 Å². The molecular weight excluding hydrogens is 646 g/mol.